The summed E-state index contributed by atoms with van der Waals surface area (Å²) < 4.78 is 5.49. The average Bonchev–Trinajstić information content (AvgIpc) is 3.11. The van der Waals surface area contributed by atoms with E-state index in [1.165, 1.54) is 22.2 Å². The molecule has 2 aromatic heterocycles. The molecule has 2 aromatic rings. The van der Waals surface area contributed by atoms with Crippen LogP contribution in [-0.2, 0) is 28.9 Å². The molecular formula is C22H31N5O2S. The zero-order valence-corrected chi connectivity index (χ0v) is 18.5. The number of fused-ring (bicyclic) bond motifs is 3. The number of piperidine rings is 1. The van der Waals surface area contributed by atoms with Gasteiger partial charge in [0.2, 0.25) is 5.91 Å². The third kappa shape index (κ3) is 3.92. The summed E-state index contributed by atoms with van der Waals surface area (Å²) in [5, 5.41) is 1.23. The first-order valence-electron chi connectivity index (χ1n) is 11.2. The molecule has 8 heteroatoms. The number of ether oxygens (including phenoxy) is 1. The van der Waals surface area contributed by atoms with Crippen molar-refractivity contribution in [1.82, 2.24) is 14.9 Å². The van der Waals surface area contributed by atoms with Gasteiger partial charge in [0.25, 0.3) is 0 Å². The lowest BCUT2D eigenvalue weighted by Gasteiger charge is -2.33. The molecule has 4 heterocycles. The number of nitrogens with zero attached hydrogens (tertiary/aromatic N) is 4. The second-order valence-electron chi connectivity index (χ2n) is 9.07. The van der Waals surface area contributed by atoms with Gasteiger partial charge < -0.3 is 15.4 Å². The fourth-order valence-corrected chi connectivity index (χ4v) is 6.42. The smallest absolute Gasteiger partial charge is 0.222 e. The summed E-state index contributed by atoms with van der Waals surface area (Å²) in [5.74, 6) is 2.35. The molecule has 2 atom stereocenters. The summed E-state index contributed by atoms with van der Waals surface area (Å²) >= 11 is 1.85. The molecule has 0 aromatic carbocycles. The predicted molar refractivity (Wildman–Crippen MR) is 119 cm³/mol. The molecule has 2 N–H and O–H groups in total. The molecule has 0 radical (unpaired) electrons. The van der Waals surface area contributed by atoms with E-state index in [0.717, 1.165) is 87.5 Å². The van der Waals surface area contributed by atoms with E-state index in [2.05, 4.69) is 16.7 Å². The van der Waals surface area contributed by atoms with Crippen molar-refractivity contribution in [2.45, 2.75) is 45.6 Å². The number of rotatable bonds is 4. The van der Waals surface area contributed by atoms with Gasteiger partial charge in [-0.15, -0.1) is 11.3 Å². The molecule has 0 bridgehead atoms. The quantitative estimate of drug-likeness (QED) is 0.803. The number of hydrogen-bond acceptors (Lipinski definition) is 7. The maximum atomic E-state index is 11.9. The fourth-order valence-electron chi connectivity index (χ4n) is 5.03. The lowest BCUT2D eigenvalue weighted by atomic mass is 9.89. The van der Waals surface area contributed by atoms with Gasteiger partial charge in [-0.2, -0.15) is 0 Å². The monoisotopic (exact) mass is 429 g/mol. The second kappa shape index (κ2) is 8.40. The molecule has 7 nitrogen and oxygen atoms in total. The van der Waals surface area contributed by atoms with E-state index in [9.17, 15) is 4.79 Å². The molecular weight excluding hydrogens is 398 g/mol. The van der Waals surface area contributed by atoms with E-state index in [0.29, 0.717) is 6.54 Å². The molecule has 30 heavy (non-hydrogen) atoms. The summed E-state index contributed by atoms with van der Waals surface area (Å²) in [6, 6.07) is 0. The van der Waals surface area contributed by atoms with Crippen molar-refractivity contribution in [2.75, 3.05) is 44.3 Å². The van der Waals surface area contributed by atoms with Crippen LogP contribution in [0.2, 0.25) is 0 Å². The highest BCUT2D eigenvalue weighted by atomic mass is 32.1. The Labute approximate surface area is 181 Å². The van der Waals surface area contributed by atoms with Gasteiger partial charge in [-0.05, 0) is 43.6 Å². The zero-order chi connectivity index (χ0) is 20.7. The maximum absolute atomic E-state index is 11.9. The summed E-state index contributed by atoms with van der Waals surface area (Å²) in [5.41, 5.74) is 7.11. The van der Waals surface area contributed by atoms with Crippen LogP contribution in [0.15, 0.2) is 0 Å². The molecule has 1 amide bonds. The zero-order valence-electron chi connectivity index (χ0n) is 17.7. The first-order chi connectivity index (χ1) is 14.6. The molecule has 0 spiro atoms. The first kappa shape index (κ1) is 20.2. The van der Waals surface area contributed by atoms with Gasteiger partial charge in [0.05, 0.1) is 31.1 Å². The fraction of sp³-hybridized carbons (Fsp3) is 0.682. The Kier molecular flexibility index (Phi) is 5.64. The number of aryl methyl sites for hydroxylation is 1. The van der Waals surface area contributed by atoms with Gasteiger partial charge >= 0.3 is 0 Å². The number of morpholine rings is 1. The van der Waals surface area contributed by atoms with Crippen LogP contribution in [0.4, 0.5) is 5.82 Å². The summed E-state index contributed by atoms with van der Waals surface area (Å²) in [4.78, 5) is 29.3. The maximum Gasteiger partial charge on any atom is 0.222 e. The van der Waals surface area contributed by atoms with Crippen molar-refractivity contribution < 1.29 is 9.53 Å². The molecule has 2 aliphatic heterocycles. The minimum atomic E-state index is -0.195. The van der Waals surface area contributed by atoms with E-state index in [-0.39, 0.29) is 11.8 Å². The third-order valence-electron chi connectivity index (χ3n) is 6.77. The Morgan fingerprint density at radius 1 is 1.23 bits per heavy atom. The highest BCUT2D eigenvalue weighted by Gasteiger charge is 2.30. The van der Waals surface area contributed by atoms with Crippen molar-refractivity contribution in [3.05, 3.63) is 16.3 Å². The van der Waals surface area contributed by atoms with Crippen LogP contribution in [0.25, 0.3) is 10.2 Å². The summed E-state index contributed by atoms with van der Waals surface area (Å²) in [6.07, 6.45) is 5.31. The number of nitrogens with two attached hydrogens (primary N) is 1. The van der Waals surface area contributed by atoms with E-state index in [1.54, 1.807) is 0 Å². The first-order valence-corrected chi connectivity index (χ1v) is 12.1. The molecule has 2 unspecified atom stereocenters. The lowest BCUT2D eigenvalue weighted by molar-refractivity contribution is -0.122. The van der Waals surface area contributed by atoms with Crippen molar-refractivity contribution in [3.63, 3.8) is 0 Å². The molecule has 0 saturated carbocycles. The Hall–Kier alpha value is -1.77. The molecule has 162 valence electrons. The second-order valence-corrected chi connectivity index (χ2v) is 10.2. The SMILES string of the molecule is CC1CCc2c(sc3nc(CN4CCOCC4)nc(N4CCCC(C(N)=O)C4)c23)C1. The number of thiophene rings is 1. The Balaban J connectivity index is 1.55. The van der Waals surface area contributed by atoms with E-state index in [1.807, 2.05) is 11.3 Å². The largest absolute Gasteiger partial charge is 0.379 e. The van der Waals surface area contributed by atoms with Gasteiger partial charge in [0.1, 0.15) is 16.5 Å². The lowest BCUT2D eigenvalue weighted by Crippen LogP contribution is -2.42. The summed E-state index contributed by atoms with van der Waals surface area (Å²) in [6.45, 7) is 8.06. The van der Waals surface area contributed by atoms with Crippen molar-refractivity contribution in [2.24, 2.45) is 17.6 Å². The van der Waals surface area contributed by atoms with Crippen LogP contribution in [0.3, 0.4) is 0 Å². The van der Waals surface area contributed by atoms with Crippen LogP contribution in [0.5, 0.6) is 0 Å². The normalized spacial score (nSPS) is 25.4. The number of aromatic nitrogens is 2. The Bertz CT molecular complexity index is 939. The standard InChI is InChI=1S/C22H31N5O2S/c1-14-4-5-16-17(11-14)30-22-19(16)21(27-6-2-3-15(12-27)20(23)28)24-18(25-22)13-26-7-9-29-10-8-26/h14-15H,2-13H2,1H3,(H2,23,28). The predicted octanol–water partition coefficient (Wildman–Crippen LogP) is 2.35. The summed E-state index contributed by atoms with van der Waals surface area (Å²) in [7, 11) is 0. The minimum absolute atomic E-state index is 0.0963. The highest BCUT2D eigenvalue weighted by molar-refractivity contribution is 7.19. The number of anilines is 1. The van der Waals surface area contributed by atoms with Gasteiger partial charge in [0.15, 0.2) is 0 Å². The van der Waals surface area contributed by atoms with Crippen molar-refractivity contribution >= 4 is 33.3 Å². The average molecular weight is 430 g/mol. The molecule has 1 aliphatic carbocycles. The van der Waals surface area contributed by atoms with E-state index < -0.39 is 0 Å². The highest BCUT2D eigenvalue weighted by Crippen LogP contribution is 2.41. The number of carbonyl (C=O) groups excluding carboxylic acids is 1. The van der Waals surface area contributed by atoms with Crippen LogP contribution in [0.1, 0.15) is 42.5 Å². The van der Waals surface area contributed by atoms with Gasteiger partial charge in [0, 0.05) is 31.1 Å². The Morgan fingerprint density at radius 2 is 2.07 bits per heavy atom. The molecule has 2 fully saturated rings. The van der Waals surface area contributed by atoms with E-state index >= 15 is 0 Å². The van der Waals surface area contributed by atoms with Crippen LogP contribution in [0, 0.1) is 11.8 Å². The molecule has 2 saturated heterocycles. The number of carbonyl (C=O) groups is 1. The van der Waals surface area contributed by atoms with Gasteiger partial charge in [-0.25, -0.2) is 9.97 Å². The van der Waals surface area contributed by atoms with Gasteiger partial charge in [-0.3, -0.25) is 9.69 Å². The van der Waals surface area contributed by atoms with Gasteiger partial charge in [-0.1, -0.05) is 6.92 Å². The minimum Gasteiger partial charge on any atom is -0.379 e. The Morgan fingerprint density at radius 3 is 2.87 bits per heavy atom. The molecule has 3 aliphatic rings. The van der Waals surface area contributed by atoms with Crippen LogP contribution in [-0.4, -0.2) is 60.2 Å². The third-order valence-corrected chi connectivity index (χ3v) is 7.92. The van der Waals surface area contributed by atoms with Crippen molar-refractivity contribution in [1.29, 1.82) is 0 Å². The van der Waals surface area contributed by atoms with E-state index in [4.69, 9.17) is 20.4 Å². The van der Waals surface area contributed by atoms with Crippen LogP contribution >= 0.6 is 11.3 Å². The van der Waals surface area contributed by atoms with Crippen molar-refractivity contribution in [3.8, 4) is 0 Å². The number of amides is 1. The topological polar surface area (TPSA) is 84.6 Å². The number of primary amides is 1. The van der Waals surface area contributed by atoms with Crippen LogP contribution < -0.4 is 10.6 Å². The molecule has 5 rings (SSSR count). The number of hydrogen-bond donors (Lipinski definition) is 1.